The molecule has 3 rings (SSSR count). The summed E-state index contributed by atoms with van der Waals surface area (Å²) >= 11 is 0. The number of guanidine groups is 1. The lowest BCUT2D eigenvalue weighted by Crippen LogP contribution is -2.48. The molecule has 3 heterocycles. The molecule has 1 aromatic rings. The first-order valence-electron chi connectivity index (χ1n) is 6.71. The molecule has 0 spiro atoms. The van der Waals surface area contributed by atoms with Gasteiger partial charge in [0.2, 0.25) is 5.89 Å². The molecule has 5 heteroatoms. The van der Waals surface area contributed by atoms with Gasteiger partial charge in [-0.15, -0.1) is 0 Å². The maximum atomic E-state index is 5.32. The number of nitrogens with one attached hydrogen (secondary N) is 1. The standard InChI is InChI=1S/C13H20N4O/c1-9-3-4-11-7-15-13(17(11)8-9)16-10(2)12-14-5-6-18-12/h5-6,9-11H,3-4,7-8H2,1-2H3,(H,15,16). The largest absolute Gasteiger partial charge is 0.447 e. The van der Waals surface area contributed by atoms with Crippen LogP contribution in [0.25, 0.3) is 0 Å². The maximum absolute atomic E-state index is 5.32. The van der Waals surface area contributed by atoms with Gasteiger partial charge in [0, 0.05) is 6.54 Å². The summed E-state index contributed by atoms with van der Waals surface area (Å²) in [5, 5.41) is 3.42. The maximum Gasteiger partial charge on any atom is 0.216 e. The van der Waals surface area contributed by atoms with Crippen molar-refractivity contribution in [2.24, 2.45) is 10.9 Å². The van der Waals surface area contributed by atoms with Crippen LogP contribution in [0.1, 0.15) is 38.6 Å². The summed E-state index contributed by atoms with van der Waals surface area (Å²) in [6.07, 6.45) is 5.86. The number of hydrogen-bond acceptors (Lipinski definition) is 5. The first-order chi connectivity index (χ1) is 8.74. The molecule has 5 nitrogen and oxygen atoms in total. The van der Waals surface area contributed by atoms with Gasteiger partial charge < -0.3 is 14.6 Å². The van der Waals surface area contributed by atoms with Crippen LogP contribution in [0.5, 0.6) is 0 Å². The Kier molecular flexibility index (Phi) is 2.97. The predicted octanol–water partition coefficient (Wildman–Crippen LogP) is 1.80. The lowest BCUT2D eigenvalue weighted by atomic mass is 9.95. The van der Waals surface area contributed by atoms with Gasteiger partial charge in [0.05, 0.1) is 18.8 Å². The molecule has 98 valence electrons. The number of fused-ring (bicyclic) bond motifs is 1. The Hall–Kier alpha value is -1.52. The Labute approximate surface area is 107 Å². The molecule has 18 heavy (non-hydrogen) atoms. The predicted molar refractivity (Wildman–Crippen MR) is 69.2 cm³/mol. The molecule has 1 saturated heterocycles. The van der Waals surface area contributed by atoms with E-state index in [1.165, 1.54) is 12.8 Å². The van der Waals surface area contributed by atoms with Gasteiger partial charge in [-0.05, 0) is 25.7 Å². The van der Waals surface area contributed by atoms with E-state index in [0.717, 1.165) is 25.0 Å². The molecule has 0 saturated carbocycles. The molecule has 3 atom stereocenters. The number of oxazole rings is 1. The topological polar surface area (TPSA) is 53.7 Å². The highest BCUT2D eigenvalue weighted by Crippen LogP contribution is 2.26. The Morgan fingerprint density at radius 1 is 1.50 bits per heavy atom. The molecule has 1 N–H and O–H groups in total. The van der Waals surface area contributed by atoms with Crippen molar-refractivity contribution in [1.82, 2.24) is 15.2 Å². The fraction of sp³-hybridized carbons (Fsp3) is 0.692. The molecular weight excluding hydrogens is 228 g/mol. The average Bonchev–Trinajstić information content (AvgIpc) is 2.99. The van der Waals surface area contributed by atoms with Gasteiger partial charge in [-0.25, -0.2) is 4.98 Å². The SMILES string of the molecule is CC1CCC2CN=C(NC(C)c3ncco3)N2C1. The second-order valence-corrected chi connectivity index (χ2v) is 5.39. The van der Waals surface area contributed by atoms with Gasteiger partial charge in [-0.1, -0.05) is 6.92 Å². The molecule has 3 unspecified atom stereocenters. The van der Waals surface area contributed by atoms with E-state index in [0.29, 0.717) is 11.9 Å². The number of nitrogens with zero attached hydrogens (tertiary/aromatic N) is 3. The summed E-state index contributed by atoms with van der Waals surface area (Å²) in [6.45, 7) is 6.39. The summed E-state index contributed by atoms with van der Waals surface area (Å²) < 4.78 is 5.32. The Bertz CT molecular complexity index is 428. The van der Waals surface area contributed by atoms with Crippen molar-refractivity contribution >= 4 is 5.96 Å². The monoisotopic (exact) mass is 248 g/mol. The lowest BCUT2D eigenvalue weighted by Gasteiger charge is -2.36. The Balaban J connectivity index is 1.66. The fourth-order valence-corrected chi connectivity index (χ4v) is 2.77. The molecular formula is C13H20N4O. The quantitative estimate of drug-likeness (QED) is 0.867. The number of hydrogen-bond donors (Lipinski definition) is 1. The van der Waals surface area contributed by atoms with Gasteiger partial charge in [-0.3, -0.25) is 4.99 Å². The molecule has 2 aliphatic heterocycles. The van der Waals surface area contributed by atoms with Crippen LogP contribution < -0.4 is 5.32 Å². The minimum atomic E-state index is 0.0646. The first-order valence-corrected chi connectivity index (χ1v) is 6.71. The Morgan fingerprint density at radius 2 is 2.39 bits per heavy atom. The van der Waals surface area contributed by atoms with Crippen molar-refractivity contribution in [3.05, 3.63) is 18.4 Å². The van der Waals surface area contributed by atoms with E-state index in [9.17, 15) is 0 Å². The van der Waals surface area contributed by atoms with Gasteiger partial charge in [-0.2, -0.15) is 0 Å². The highest BCUT2D eigenvalue weighted by Gasteiger charge is 2.33. The highest BCUT2D eigenvalue weighted by molar-refractivity contribution is 5.82. The number of aliphatic imine (C=N–C) groups is 1. The van der Waals surface area contributed by atoms with Gasteiger partial charge in [0.25, 0.3) is 0 Å². The van der Waals surface area contributed by atoms with E-state index in [1.807, 2.05) is 0 Å². The zero-order valence-electron chi connectivity index (χ0n) is 11.0. The number of aromatic nitrogens is 1. The zero-order chi connectivity index (χ0) is 12.5. The van der Waals surface area contributed by atoms with Crippen LogP contribution in [0.4, 0.5) is 0 Å². The molecule has 0 amide bonds. The summed E-state index contributed by atoms with van der Waals surface area (Å²) in [6, 6.07) is 0.662. The van der Waals surface area contributed by atoms with E-state index in [2.05, 4.69) is 34.0 Å². The normalized spacial score (nSPS) is 28.8. The minimum Gasteiger partial charge on any atom is -0.447 e. The van der Waals surface area contributed by atoms with E-state index < -0.39 is 0 Å². The molecule has 1 aromatic heterocycles. The average molecular weight is 248 g/mol. The van der Waals surface area contributed by atoms with Crippen molar-refractivity contribution in [1.29, 1.82) is 0 Å². The zero-order valence-corrected chi connectivity index (χ0v) is 11.0. The van der Waals surface area contributed by atoms with Crippen LogP contribution in [0, 0.1) is 5.92 Å². The fourth-order valence-electron chi connectivity index (χ4n) is 2.77. The molecule has 1 fully saturated rings. The van der Waals surface area contributed by atoms with Crippen LogP contribution in [-0.2, 0) is 0 Å². The van der Waals surface area contributed by atoms with Gasteiger partial charge in [0.15, 0.2) is 5.96 Å². The third-order valence-electron chi connectivity index (χ3n) is 3.83. The Morgan fingerprint density at radius 3 is 3.17 bits per heavy atom. The first kappa shape index (κ1) is 11.6. The lowest BCUT2D eigenvalue weighted by molar-refractivity contribution is 0.209. The van der Waals surface area contributed by atoms with Crippen molar-refractivity contribution < 1.29 is 4.42 Å². The molecule has 0 aromatic carbocycles. The minimum absolute atomic E-state index is 0.0646. The summed E-state index contributed by atoms with van der Waals surface area (Å²) in [5.74, 6) is 2.48. The number of piperidine rings is 1. The number of rotatable bonds is 2. The molecule has 0 bridgehead atoms. The van der Waals surface area contributed by atoms with Crippen LogP contribution in [0.2, 0.25) is 0 Å². The molecule has 2 aliphatic rings. The molecule has 0 aliphatic carbocycles. The van der Waals surface area contributed by atoms with E-state index in [-0.39, 0.29) is 6.04 Å². The summed E-state index contributed by atoms with van der Waals surface area (Å²) in [4.78, 5) is 11.2. The second kappa shape index (κ2) is 4.63. The van der Waals surface area contributed by atoms with E-state index >= 15 is 0 Å². The third kappa shape index (κ3) is 2.09. The van der Waals surface area contributed by atoms with E-state index in [4.69, 9.17) is 4.42 Å². The third-order valence-corrected chi connectivity index (χ3v) is 3.83. The van der Waals surface area contributed by atoms with Crippen molar-refractivity contribution in [2.75, 3.05) is 13.1 Å². The van der Waals surface area contributed by atoms with Gasteiger partial charge >= 0.3 is 0 Å². The van der Waals surface area contributed by atoms with Crippen LogP contribution in [-0.4, -0.2) is 35.0 Å². The van der Waals surface area contributed by atoms with Crippen LogP contribution in [0.15, 0.2) is 21.9 Å². The second-order valence-electron chi connectivity index (χ2n) is 5.39. The van der Waals surface area contributed by atoms with Crippen molar-refractivity contribution in [3.8, 4) is 0 Å². The summed E-state index contributed by atoms with van der Waals surface area (Å²) in [5.41, 5.74) is 0. The van der Waals surface area contributed by atoms with Crippen molar-refractivity contribution in [3.63, 3.8) is 0 Å². The van der Waals surface area contributed by atoms with E-state index in [1.54, 1.807) is 12.5 Å². The van der Waals surface area contributed by atoms with Crippen LogP contribution in [0.3, 0.4) is 0 Å². The summed E-state index contributed by atoms with van der Waals surface area (Å²) in [7, 11) is 0. The van der Waals surface area contributed by atoms with Crippen LogP contribution >= 0.6 is 0 Å². The smallest absolute Gasteiger partial charge is 0.216 e. The molecule has 0 radical (unpaired) electrons. The highest BCUT2D eigenvalue weighted by atomic mass is 16.3. The van der Waals surface area contributed by atoms with Crippen molar-refractivity contribution in [2.45, 2.75) is 38.8 Å². The van der Waals surface area contributed by atoms with Gasteiger partial charge in [0.1, 0.15) is 12.3 Å².